The molecule has 0 heterocycles. The number of alkyl halides is 3. The molecular formula is C14H20F3NO4. The Morgan fingerprint density at radius 1 is 1.32 bits per heavy atom. The minimum absolute atomic E-state index is 0.0114. The number of hydrogen-bond donors (Lipinski definition) is 2. The van der Waals surface area contributed by atoms with Gasteiger partial charge in [-0.2, -0.15) is 13.2 Å². The molecule has 0 spiro atoms. The summed E-state index contributed by atoms with van der Waals surface area (Å²) < 4.78 is 48.9. The molecule has 0 fully saturated rings. The van der Waals surface area contributed by atoms with Crippen LogP contribution in [0, 0.1) is 0 Å². The van der Waals surface area contributed by atoms with Crippen LogP contribution >= 0.6 is 0 Å². The van der Waals surface area contributed by atoms with E-state index < -0.39 is 17.7 Å². The minimum atomic E-state index is -4.57. The number of benzene rings is 1. The van der Waals surface area contributed by atoms with Crippen molar-refractivity contribution in [2.45, 2.75) is 19.0 Å². The molecule has 0 saturated heterocycles. The molecule has 1 unspecified atom stereocenters. The van der Waals surface area contributed by atoms with Crippen LogP contribution in [0.4, 0.5) is 13.2 Å². The van der Waals surface area contributed by atoms with Crippen molar-refractivity contribution in [3.63, 3.8) is 0 Å². The van der Waals surface area contributed by atoms with Gasteiger partial charge < -0.3 is 19.9 Å². The largest absolute Gasteiger partial charge is 0.493 e. The van der Waals surface area contributed by atoms with Crippen LogP contribution in [-0.4, -0.2) is 39.4 Å². The number of nitrogens with one attached hydrogen (secondary N) is 1. The Balaban J connectivity index is 0.000000980. The lowest BCUT2D eigenvalue weighted by Crippen LogP contribution is -2.15. The topological polar surface area (TPSA) is 67.8 Å². The molecule has 0 saturated carbocycles. The first-order chi connectivity index (χ1) is 10.3. The molecule has 1 aromatic carbocycles. The highest BCUT2D eigenvalue weighted by atomic mass is 19.4. The third kappa shape index (κ3) is 5.10. The van der Waals surface area contributed by atoms with Crippen LogP contribution in [0.15, 0.2) is 12.1 Å². The van der Waals surface area contributed by atoms with Crippen molar-refractivity contribution < 1.29 is 32.5 Å². The van der Waals surface area contributed by atoms with Gasteiger partial charge in [0, 0.05) is 19.6 Å². The van der Waals surface area contributed by atoms with Crippen LogP contribution in [0.3, 0.4) is 0 Å². The maximum atomic E-state index is 13.1. The summed E-state index contributed by atoms with van der Waals surface area (Å²) in [6.07, 6.45) is -3.95. The van der Waals surface area contributed by atoms with Gasteiger partial charge in [-0.05, 0) is 11.6 Å². The third-order valence-electron chi connectivity index (χ3n) is 2.78. The zero-order chi connectivity index (χ0) is 17.3. The van der Waals surface area contributed by atoms with Gasteiger partial charge >= 0.3 is 6.18 Å². The lowest BCUT2D eigenvalue weighted by atomic mass is 9.94. The van der Waals surface area contributed by atoms with Crippen molar-refractivity contribution >= 4 is 6.41 Å². The summed E-state index contributed by atoms with van der Waals surface area (Å²) >= 11 is 0. The number of aliphatic hydroxyl groups is 1. The highest BCUT2D eigenvalue weighted by Crippen LogP contribution is 2.45. The molecule has 0 radical (unpaired) electrons. The average molecular weight is 323 g/mol. The van der Waals surface area contributed by atoms with Crippen LogP contribution in [0.1, 0.15) is 24.0 Å². The highest BCUT2D eigenvalue weighted by Gasteiger charge is 2.39. The van der Waals surface area contributed by atoms with Gasteiger partial charge in [0.1, 0.15) is 5.56 Å². The van der Waals surface area contributed by atoms with Crippen LogP contribution in [0.5, 0.6) is 11.5 Å². The van der Waals surface area contributed by atoms with E-state index in [0.717, 1.165) is 7.11 Å². The van der Waals surface area contributed by atoms with Crippen LogP contribution in [0.2, 0.25) is 0 Å². The van der Waals surface area contributed by atoms with Gasteiger partial charge in [-0.3, -0.25) is 4.79 Å². The number of amides is 1. The molecule has 1 rings (SSSR count). The Morgan fingerprint density at radius 3 is 2.18 bits per heavy atom. The first-order valence-electron chi connectivity index (χ1n) is 6.32. The number of carbonyl (C=O) groups is 1. The summed E-state index contributed by atoms with van der Waals surface area (Å²) in [4.78, 5) is 9.06. The molecule has 126 valence electrons. The minimum Gasteiger partial charge on any atom is -0.493 e. The quantitative estimate of drug-likeness (QED) is 0.815. The summed E-state index contributed by atoms with van der Waals surface area (Å²) in [6, 6.07) is 2.70. The van der Waals surface area contributed by atoms with Gasteiger partial charge in [-0.25, -0.2) is 0 Å². The molecule has 0 aliphatic rings. The molecule has 22 heavy (non-hydrogen) atoms. The van der Waals surface area contributed by atoms with Gasteiger partial charge in [0.15, 0.2) is 11.5 Å². The van der Waals surface area contributed by atoms with Crippen LogP contribution < -0.4 is 14.8 Å². The van der Waals surface area contributed by atoms with Crippen LogP contribution in [-0.2, 0) is 11.0 Å². The Kier molecular flexibility index (Phi) is 8.32. The van der Waals surface area contributed by atoms with Gasteiger partial charge in [0.05, 0.1) is 14.2 Å². The second-order valence-electron chi connectivity index (χ2n) is 4.25. The number of methoxy groups -OCH3 is 2. The number of halogens is 3. The Labute approximate surface area is 127 Å². The summed E-state index contributed by atoms with van der Waals surface area (Å²) in [6.45, 7) is 1.13. The van der Waals surface area contributed by atoms with Crippen molar-refractivity contribution in [1.82, 2.24) is 5.32 Å². The van der Waals surface area contributed by atoms with Crippen molar-refractivity contribution in [2.24, 2.45) is 0 Å². The lowest BCUT2D eigenvalue weighted by molar-refractivity contribution is -0.139. The highest BCUT2D eigenvalue weighted by molar-refractivity contribution is 5.53. The zero-order valence-electron chi connectivity index (χ0n) is 12.8. The zero-order valence-corrected chi connectivity index (χ0v) is 12.8. The molecule has 2 N–H and O–H groups in total. The predicted molar refractivity (Wildman–Crippen MR) is 75.2 cm³/mol. The second kappa shape index (κ2) is 9.14. The first kappa shape index (κ1) is 20.0. The van der Waals surface area contributed by atoms with Crippen molar-refractivity contribution in [1.29, 1.82) is 0 Å². The molecule has 1 aromatic rings. The Morgan fingerprint density at radius 2 is 1.86 bits per heavy atom. The van der Waals surface area contributed by atoms with Crippen molar-refractivity contribution in [3.05, 3.63) is 23.3 Å². The fourth-order valence-electron chi connectivity index (χ4n) is 1.74. The molecule has 5 nitrogen and oxygen atoms in total. The standard InChI is InChI=1S/C12H15F3O3.C2H5NO/c1-7(6-16)8-4-5-9(17-2)11(18-3)10(8)12(13,14)15;1-3-2-4/h4-5,7,16H,6H2,1-3H3;2H,1H3,(H,3,4). The summed E-state index contributed by atoms with van der Waals surface area (Å²) in [7, 11) is 3.99. The third-order valence-corrected chi connectivity index (χ3v) is 2.78. The number of rotatable bonds is 5. The smallest absolute Gasteiger partial charge is 0.420 e. The van der Waals surface area contributed by atoms with Gasteiger partial charge in [-0.15, -0.1) is 0 Å². The van der Waals surface area contributed by atoms with E-state index >= 15 is 0 Å². The fraction of sp³-hybridized carbons (Fsp3) is 0.500. The van der Waals surface area contributed by atoms with Gasteiger partial charge in [0.2, 0.25) is 6.41 Å². The molecule has 1 atom stereocenters. The average Bonchev–Trinajstić information content (AvgIpc) is 2.51. The van der Waals surface area contributed by atoms with E-state index in [1.54, 1.807) is 7.05 Å². The van der Waals surface area contributed by atoms with E-state index in [-0.39, 0.29) is 23.7 Å². The molecule has 1 amide bonds. The van der Waals surface area contributed by atoms with E-state index in [1.807, 2.05) is 0 Å². The summed E-state index contributed by atoms with van der Waals surface area (Å²) in [5.41, 5.74) is -0.909. The van der Waals surface area contributed by atoms with E-state index in [9.17, 15) is 13.2 Å². The first-order valence-corrected chi connectivity index (χ1v) is 6.32. The molecule has 0 aliphatic carbocycles. The number of hydrogen-bond acceptors (Lipinski definition) is 4. The number of aliphatic hydroxyl groups excluding tert-OH is 1. The Bertz CT molecular complexity index is 478. The van der Waals surface area contributed by atoms with E-state index in [1.165, 1.54) is 26.2 Å². The van der Waals surface area contributed by atoms with Crippen molar-refractivity contribution in [2.75, 3.05) is 27.9 Å². The second-order valence-corrected chi connectivity index (χ2v) is 4.25. The number of ether oxygens (including phenoxy) is 2. The predicted octanol–water partition coefficient (Wildman–Crippen LogP) is 2.18. The maximum absolute atomic E-state index is 13.1. The lowest BCUT2D eigenvalue weighted by Gasteiger charge is -2.21. The van der Waals surface area contributed by atoms with E-state index in [4.69, 9.17) is 19.4 Å². The monoisotopic (exact) mass is 323 g/mol. The van der Waals surface area contributed by atoms with Gasteiger partial charge in [-0.1, -0.05) is 13.0 Å². The fourth-order valence-corrected chi connectivity index (χ4v) is 1.74. The SMILES string of the molecule is CNC=O.COc1ccc(C(C)CO)c(C(F)(F)F)c1OC. The number of carbonyl (C=O) groups excluding carboxylic acids is 1. The van der Waals surface area contributed by atoms with Crippen molar-refractivity contribution in [3.8, 4) is 11.5 Å². The molecular weight excluding hydrogens is 303 g/mol. The van der Waals surface area contributed by atoms with Crippen LogP contribution in [0.25, 0.3) is 0 Å². The normalized spacial score (nSPS) is 11.8. The van der Waals surface area contributed by atoms with Gasteiger partial charge in [0.25, 0.3) is 0 Å². The molecule has 0 aromatic heterocycles. The summed E-state index contributed by atoms with van der Waals surface area (Å²) in [5.74, 6) is -0.983. The molecule has 0 aliphatic heterocycles. The molecule has 8 heteroatoms. The summed E-state index contributed by atoms with van der Waals surface area (Å²) in [5, 5.41) is 11.3. The van der Waals surface area contributed by atoms with E-state index in [2.05, 4.69) is 5.32 Å². The van der Waals surface area contributed by atoms with E-state index in [0.29, 0.717) is 6.41 Å². The maximum Gasteiger partial charge on any atom is 0.420 e. The molecule has 0 bridgehead atoms. The Hall–Kier alpha value is -1.96.